The van der Waals surface area contributed by atoms with Gasteiger partial charge < -0.3 is 9.64 Å². The van der Waals surface area contributed by atoms with E-state index in [1.807, 2.05) is 55.5 Å². The summed E-state index contributed by atoms with van der Waals surface area (Å²) in [6.07, 6.45) is 5.10. The summed E-state index contributed by atoms with van der Waals surface area (Å²) in [5.41, 5.74) is 4.98. The molecule has 1 aliphatic carbocycles. The Hall–Kier alpha value is -3.67. The Balaban J connectivity index is 1.69. The molecule has 0 fully saturated rings. The summed E-state index contributed by atoms with van der Waals surface area (Å²) in [7, 11) is 1.62. The molecule has 31 heavy (non-hydrogen) atoms. The highest BCUT2D eigenvalue weighted by molar-refractivity contribution is 6.00. The minimum atomic E-state index is -0.405. The number of allylic oxidation sites excluding steroid dienone is 2. The fraction of sp³-hybridized carbons (Fsp3) is 0.200. The number of nitrogens with one attached hydrogen (secondary N) is 1. The number of ether oxygens (including phenoxy) is 1. The number of halogens is 1. The number of carbonyl (C=O) groups excluding carboxylic acids is 1. The van der Waals surface area contributed by atoms with Crippen LogP contribution in [0, 0.1) is 6.92 Å². The van der Waals surface area contributed by atoms with Crippen LogP contribution in [0.5, 0.6) is 5.75 Å². The SMILES string of the molecule is COc1ccccc1[C@H]1c2c(-c3ccc(C)cc3)n[nH]c2C(=O)N1[C@H]1C=CC(F)=CC1. The van der Waals surface area contributed by atoms with Crippen LogP contribution in [-0.4, -0.2) is 34.2 Å². The van der Waals surface area contributed by atoms with Crippen LogP contribution in [0.25, 0.3) is 11.3 Å². The maximum absolute atomic E-state index is 13.6. The van der Waals surface area contributed by atoms with Crippen molar-refractivity contribution in [3.05, 3.63) is 95.0 Å². The molecular weight excluding hydrogens is 393 g/mol. The molecule has 0 saturated heterocycles. The van der Waals surface area contributed by atoms with Gasteiger partial charge in [0.15, 0.2) is 0 Å². The largest absolute Gasteiger partial charge is 0.496 e. The van der Waals surface area contributed by atoms with E-state index in [0.717, 1.165) is 27.9 Å². The summed E-state index contributed by atoms with van der Waals surface area (Å²) in [5.74, 6) is 0.259. The fourth-order valence-electron chi connectivity index (χ4n) is 4.43. The van der Waals surface area contributed by atoms with Crippen molar-refractivity contribution >= 4 is 5.91 Å². The van der Waals surface area contributed by atoms with Crippen LogP contribution >= 0.6 is 0 Å². The van der Waals surface area contributed by atoms with Crippen molar-refractivity contribution in [2.45, 2.75) is 25.4 Å². The molecule has 1 aromatic heterocycles. The summed E-state index contributed by atoms with van der Waals surface area (Å²) in [5, 5.41) is 7.48. The predicted molar refractivity (Wildman–Crippen MR) is 117 cm³/mol. The third-order valence-corrected chi connectivity index (χ3v) is 5.95. The molecule has 0 spiro atoms. The molecule has 0 bridgehead atoms. The highest BCUT2D eigenvalue weighted by atomic mass is 19.1. The molecule has 2 atom stereocenters. The maximum Gasteiger partial charge on any atom is 0.273 e. The summed E-state index contributed by atoms with van der Waals surface area (Å²) >= 11 is 0. The molecule has 0 saturated carbocycles. The van der Waals surface area contributed by atoms with Gasteiger partial charge in [-0.25, -0.2) is 4.39 Å². The van der Waals surface area contributed by atoms with E-state index in [1.165, 1.54) is 12.2 Å². The molecule has 6 heteroatoms. The van der Waals surface area contributed by atoms with E-state index < -0.39 is 6.04 Å². The number of hydrogen-bond donors (Lipinski definition) is 1. The first-order valence-electron chi connectivity index (χ1n) is 10.2. The van der Waals surface area contributed by atoms with Crippen molar-refractivity contribution in [3.8, 4) is 17.0 Å². The minimum Gasteiger partial charge on any atom is -0.496 e. The van der Waals surface area contributed by atoms with E-state index in [0.29, 0.717) is 17.9 Å². The number of benzene rings is 2. The third-order valence-electron chi connectivity index (χ3n) is 5.95. The molecule has 2 aromatic carbocycles. The van der Waals surface area contributed by atoms with E-state index >= 15 is 0 Å². The van der Waals surface area contributed by atoms with E-state index in [4.69, 9.17) is 4.74 Å². The smallest absolute Gasteiger partial charge is 0.273 e. The number of aromatic nitrogens is 2. The van der Waals surface area contributed by atoms with E-state index in [-0.39, 0.29) is 17.8 Å². The number of para-hydroxylation sites is 1. The number of H-pyrrole nitrogens is 1. The van der Waals surface area contributed by atoms with Gasteiger partial charge in [-0.1, -0.05) is 54.1 Å². The Bertz CT molecular complexity index is 1210. The van der Waals surface area contributed by atoms with Gasteiger partial charge in [0.1, 0.15) is 17.3 Å². The topological polar surface area (TPSA) is 58.2 Å². The number of methoxy groups -OCH3 is 1. The van der Waals surface area contributed by atoms with Gasteiger partial charge in [0.2, 0.25) is 0 Å². The van der Waals surface area contributed by atoms with Gasteiger partial charge >= 0.3 is 0 Å². The molecule has 2 aliphatic rings. The van der Waals surface area contributed by atoms with Gasteiger partial charge in [0, 0.05) is 16.7 Å². The van der Waals surface area contributed by atoms with Gasteiger partial charge in [-0.2, -0.15) is 5.10 Å². The lowest BCUT2D eigenvalue weighted by molar-refractivity contribution is 0.0694. The van der Waals surface area contributed by atoms with Crippen molar-refractivity contribution in [2.24, 2.45) is 0 Å². The summed E-state index contributed by atoms with van der Waals surface area (Å²) in [4.78, 5) is 15.3. The van der Waals surface area contributed by atoms with Crippen LogP contribution in [-0.2, 0) is 0 Å². The van der Waals surface area contributed by atoms with Crippen molar-refractivity contribution in [2.75, 3.05) is 7.11 Å². The second-order valence-corrected chi connectivity index (χ2v) is 7.83. The highest BCUT2D eigenvalue weighted by Gasteiger charge is 2.45. The Morgan fingerprint density at radius 2 is 1.94 bits per heavy atom. The van der Waals surface area contributed by atoms with Crippen molar-refractivity contribution in [3.63, 3.8) is 0 Å². The first kappa shape index (κ1) is 19.3. The molecule has 2 heterocycles. The average molecular weight is 415 g/mol. The van der Waals surface area contributed by atoms with Crippen LogP contribution in [0.15, 0.2) is 72.6 Å². The van der Waals surface area contributed by atoms with Crippen molar-refractivity contribution in [1.29, 1.82) is 0 Å². The second kappa shape index (κ2) is 7.54. The Morgan fingerprint density at radius 3 is 2.65 bits per heavy atom. The minimum absolute atomic E-state index is 0.151. The zero-order valence-electron chi connectivity index (χ0n) is 17.3. The van der Waals surface area contributed by atoms with Gasteiger partial charge in [-0.05, 0) is 31.6 Å². The molecule has 156 valence electrons. The Labute approximate surface area is 179 Å². The molecule has 1 amide bonds. The Kier molecular flexibility index (Phi) is 4.70. The molecule has 3 aromatic rings. The number of hydrogen-bond acceptors (Lipinski definition) is 3. The normalized spacial score (nSPS) is 20.0. The molecule has 0 unspecified atom stereocenters. The molecular formula is C25H22FN3O2. The first-order valence-corrected chi connectivity index (χ1v) is 10.2. The van der Waals surface area contributed by atoms with Crippen molar-refractivity contribution < 1.29 is 13.9 Å². The predicted octanol–water partition coefficient (Wildman–Crippen LogP) is 5.12. The summed E-state index contributed by atoms with van der Waals surface area (Å²) in [6, 6.07) is 15.1. The zero-order valence-corrected chi connectivity index (χ0v) is 17.3. The van der Waals surface area contributed by atoms with E-state index in [2.05, 4.69) is 10.2 Å². The standard InChI is InChI=1S/C25H22FN3O2/c1-15-7-9-16(10-8-15)22-21-23(28-27-22)25(30)29(18-13-11-17(26)12-14-18)24(21)19-5-3-4-6-20(19)31-2/h3-13,18,24H,14H2,1-2H3,(H,27,28)/t18-,24-/m0/s1. The van der Waals surface area contributed by atoms with Crippen LogP contribution in [0.2, 0.25) is 0 Å². The van der Waals surface area contributed by atoms with Crippen LogP contribution < -0.4 is 4.74 Å². The van der Waals surface area contributed by atoms with Gasteiger partial charge in [0.05, 0.1) is 24.9 Å². The van der Waals surface area contributed by atoms with Gasteiger partial charge in [-0.15, -0.1) is 0 Å². The van der Waals surface area contributed by atoms with Crippen LogP contribution in [0.1, 0.15) is 39.6 Å². The quantitative estimate of drug-likeness (QED) is 0.643. The second-order valence-electron chi connectivity index (χ2n) is 7.83. The number of fused-ring (bicyclic) bond motifs is 1. The van der Waals surface area contributed by atoms with Crippen LogP contribution in [0.4, 0.5) is 4.39 Å². The summed E-state index contributed by atoms with van der Waals surface area (Å²) in [6.45, 7) is 2.03. The maximum atomic E-state index is 13.6. The molecule has 5 nitrogen and oxygen atoms in total. The van der Waals surface area contributed by atoms with E-state index in [1.54, 1.807) is 18.1 Å². The number of amides is 1. The first-order chi connectivity index (χ1) is 15.1. The monoisotopic (exact) mass is 415 g/mol. The summed E-state index contributed by atoms with van der Waals surface area (Å²) < 4.78 is 19.3. The lowest BCUT2D eigenvalue weighted by Gasteiger charge is -2.33. The number of nitrogens with zero attached hydrogens (tertiary/aromatic N) is 2. The number of aromatic amines is 1. The number of aryl methyl sites for hydroxylation is 1. The van der Waals surface area contributed by atoms with Crippen molar-refractivity contribution in [1.82, 2.24) is 15.1 Å². The highest BCUT2D eigenvalue weighted by Crippen LogP contribution is 2.47. The zero-order chi connectivity index (χ0) is 21.5. The molecule has 1 N–H and O–H groups in total. The average Bonchev–Trinajstić information content (AvgIpc) is 3.34. The molecule has 0 radical (unpaired) electrons. The van der Waals surface area contributed by atoms with E-state index in [9.17, 15) is 9.18 Å². The lowest BCUT2D eigenvalue weighted by atomic mass is 9.93. The third kappa shape index (κ3) is 3.15. The molecule has 1 aliphatic heterocycles. The number of carbonyl (C=O) groups is 1. The Morgan fingerprint density at radius 1 is 1.16 bits per heavy atom. The van der Waals surface area contributed by atoms with Gasteiger partial charge in [0.25, 0.3) is 5.91 Å². The fourth-order valence-corrected chi connectivity index (χ4v) is 4.43. The lowest BCUT2D eigenvalue weighted by Crippen LogP contribution is -2.38. The van der Waals surface area contributed by atoms with Gasteiger partial charge in [-0.3, -0.25) is 9.89 Å². The number of rotatable bonds is 4. The molecule has 5 rings (SSSR count). The van der Waals surface area contributed by atoms with Crippen LogP contribution in [0.3, 0.4) is 0 Å².